The van der Waals surface area contributed by atoms with Gasteiger partial charge in [-0.25, -0.2) is 13.4 Å². The standard InChI is InChI=1S/C18H21N3O3S2/c22-17(14-4-3-5-14)20-18-19-16(12-25-18)13-6-8-15(9-7-13)26(23,24)21-10-1-2-11-21/h6-9,12,14H,1-5,10-11H2,(H,19,20,22). The molecule has 2 fully saturated rings. The Hall–Kier alpha value is -1.77. The number of hydrogen-bond donors (Lipinski definition) is 1. The fraction of sp³-hybridized carbons (Fsp3) is 0.444. The summed E-state index contributed by atoms with van der Waals surface area (Å²) in [6.45, 7) is 1.19. The molecule has 2 aliphatic rings. The first-order valence-electron chi connectivity index (χ1n) is 8.91. The molecule has 0 radical (unpaired) electrons. The molecule has 0 atom stereocenters. The first kappa shape index (κ1) is 17.6. The molecular weight excluding hydrogens is 370 g/mol. The number of carbonyl (C=O) groups excluding carboxylic acids is 1. The van der Waals surface area contributed by atoms with Crippen molar-refractivity contribution in [2.45, 2.75) is 37.0 Å². The summed E-state index contributed by atoms with van der Waals surface area (Å²) in [5.41, 5.74) is 1.58. The number of aromatic nitrogens is 1. The number of hydrogen-bond acceptors (Lipinski definition) is 5. The van der Waals surface area contributed by atoms with Crippen LogP contribution in [0.2, 0.25) is 0 Å². The molecule has 1 aromatic heterocycles. The van der Waals surface area contributed by atoms with Crippen LogP contribution in [0.25, 0.3) is 11.3 Å². The van der Waals surface area contributed by atoms with Gasteiger partial charge >= 0.3 is 0 Å². The van der Waals surface area contributed by atoms with E-state index in [1.54, 1.807) is 28.6 Å². The summed E-state index contributed by atoms with van der Waals surface area (Å²) in [5, 5.41) is 5.34. The Morgan fingerprint density at radius 3 is 2.42 bits per heavy atom. The fourth-order valence-electron chi connectivity index (χ4n) is 3.22. The van der Waals surface area contributed by atoms with Crippen LogP contribution < -0.4 is 5.32 Å². The van der Waals surface area contributed by atoms with E-state index in [1.807, 2.05) is 5.38 Å². The van der Waals surface area contributed by atoms with Crippen LogP contribution >= 0.6 is 11.3 Å². The van der Waals surface area contributed by atoms with Gasteiger partial charge in [-0.15, -0.1) is 11.3 Å². The van der Waals surface area contributed by atoms with Gasteiger partial charge in [0.25, 0.3) is 0 Å². The highest BCUT2D eigenvalue weighted by molar-refractivity contribution is 7.89. The van der Waals surface area contributed by atoms with Crippen LogP contribution in [0.3, 0.4) is 0 Å². The zero-order chi connectivity index (χ0) is 18.1. The van der Waals surface area contributed by atoms with Crippen molar-refractivity contribution in [2.24, 2.45) is 5.92 Å². The van der Waals surface area contributed by atoms with Crippen LogP contribution in [-0.2, 0) is 14.8 Å². The van der Waals surface area contributed by atoms with Crippen molar-refractivity contribution in [3.8, 4) is 11.3 Å². The van der Waals surface area contributed by atoms with Crippen molar-refractivity contribution in [1.29, 1.82) is 0 Å². The molecular formula is C18H21N3O3S2. The van der Waals surface area contributed by atoms with E-state index in [0.29, 0.717) is 23.1 Å². The second kappa shape index (κ2) is 7.09. The van der Waals surface area contributed by atoms with Gasteiger partial charge < -0.3 is 5.32 Å². The van der Waals surface area contributed by atoms with Crippen molar-refractivity contribution >= 4 is 32.4 Å². The van der Waals surface area contributed by atoms with Crippen LogP contribution in [0.15, 0.2) is 34.5 Å². The summed E-state index contributed by atoms with van der Waals surface area (Å²) in [4.78, 5) is 16.8. The van der Waals surface area contributed by atoms with Crippen molar-refractivity contribution < 1.29 is 13.2 Å². The zero-order valence-electron chi connectivity index (χ0n) is 14.3. The maximum atomic E-state index is 12.6. The molecule has 6 nitrogen and oxygen atoms in total. The highest BCUT2D eigenvalue weighted by atomic mass is 32.2. The average molecular weight is 392 g/mol. The Morgan fingerprint density at radius 1 is 1.12 bits per heavy atom. The summed E-state index contributed by atoms with van der Waals surface area (Å²) in [7, 11) is -3.40. The number of benzene rings is 1. The molecule has 26 heavy (non-hydrogen) atoms. The molecule has 8 heteroatoms. The number of anilines is 1. The highest BCUT2D eigenvalue weighted by Gasteiger charge is 2.27. The normalized spacial score (nSPS) is 18.6. The van der Waals surface area contributed by atoms with E-state index in [0.717, 1.165) is 43.4 Å². The van der Waals surface area contributed by atoms with Gasteiger partial charge in [0.05, 0.1) is 10.6 Å². The largest absolute Gasteiger partial charge is 0.302 e. The first-order chi connectivity index (χ1) is 12.5. The lowest BCUT2D eigenvalue weighted by molar-refractivity contribution is -0.122. The van der Waals surface area contributed by atoms with Crippen molar-refractivity contribution in [3.05, 3.63) is 29.6 Å². The molecule has 1 N–H and O–H groups in total. The molecule has 1 saturated carbocycles. The predicted octanol–water partition coefficient (Wildman–Crippen LogP) is 3.33. The molecule has 4 rings (SSSR count). The summed E-state index contributed by atoms with van der Waals surface area (Å²) < 4.78 is 26.7. The Labute approximate surface area is 157 Å². The van der Waals surface area contributed by atoms with E-state index in [4.69, 9.17) is 0 Å². The summed E-state index contributed by atoms with van der Waals surface area (Å²) in [6, 6.07) is 6.81. The number of rotatable bonds is 5. The number of nitrogens with one attached hydrogen (secondary N) is 1. The number of sulfonamides is 1. The van der Waals surface area contributed by atoms with E-state index in [9.17, 15) is 13.2 Å². The second-order valence-electron chi connectivity index (χ2n) is 6.79. The van der Waals surface area contributed by atoms with E-state index >= 15 is 0 Å². The third kappa shape index (κ3) is 3.41. The van der Waals surface area contributed by atoms with E-state index in [2.05, 4.69) is 10.3 Å². The first-order valence-corrected chi connectivity index (χ1v) is 11.2. The molecule has 2 heterocycles. The molecule has 1 aromatic carbocycles. The lowest BCUT2D eigenvalue weighted by Crippen LogP contribution is -2.27. The smallest absolute Gasteiger partial charge is 0.243 e. The number of nitrogens with zero attached hydrogens (tertiary/aromatic N) is 2. The third-order valence-corrected chi connectivity index (χ3v) is 7.73. The van der Waals surface area contributed by atoms with Gasteiger partial charge in [-0.2, -0.15) is 4.31 Å². The molecule has 138 valence electrons. The molecule has 0 unspecified atom stereocenters. The molecule has 0 bridgehead atoms. The van der Waals surface area contributed by atoms with Crippen molar-refractivity contribution in [3.63, 3.8) is 0 Å². The molecule has 1 aliphatic heterocycles. The van der Waals surface area contributed by atoms with E-state index < -0.39 is 10.0 Å². The minimum absolute atomic E-state index is 0.0456. The van der Waals surface area contributed by atoms with Crippen LogP contribution in [0.1, 0.15) is 32.1 Å². The van der Waals surface area contributed by atoms with Gasteiger partial charge in [0.1, 0.15) is 0 Å². The van der Waals surface area contributed by atoms with Crippen LogP contribution in [0.4, 0.5) is 5.13 Å². The molecule has 0 spiro atoms. The molecule has 1 aliphatic carbocycles. The summed E-state index contributed by atoms with van der Waals surface area (Å²) in [6.07, 6.45) is 4.87. The highest BCUT2D eigenvalue weighted by Crippen LogP contribution is 2.30. The average Bonchev–Trinajstić information content (AvgIpc) is 3.25. The van der Waals surface area contributed by atoms with Gasteiger partial charge in [0.15, 0.2) is 5.13 Å². The topological polar surface area (TPSA) is 79.4 Å². The van der Waals surface area contributed by atoms with Crippen LogP contribution in [-0.4, -0.2) is 36.7 Å². The maximum absolute atomic E-state index is 12.6. The lowest BCUT2D eigenvalue weighted by atomic mass is 9.85. The second-order valence-corrected chi connectivity index (χ2v) is 9.59. The van der Waals surface area contributed by atoms with Gasteiger partial charge in [-0.1, -0.05) is 18.6 Å². The number of carbonyl (C=O) groups is 1. The lowest BCUT2D eigenvalue weighted by Gasteiger charge is -2.23. The number of thiazole rings is 1. The summed E-state index contributed by atoms with van der Waals surface area (Å²) in [5.74, 6) is 0.168. The van der Waals surface area contributed by atoms with E-state index in [1.165, 1.54) is 11.3 Å². The van der Waals surface area contributed by atoms with Gasteiger partial charge in [0.2, 0.25) is 15.9 Å². The SMILES string of the molecule is O=C(Nc1nc(-c2ccc(S(=O)(=O)N3CCCC3)cc2)cs1)C1CCC1. The predicted molar refractivity (Wildman–Crippen MR) is 102 cm³/mol. The van der Waals surface area contributed by atoms with Gasteiger partial charge in [-0.05, 0) is 37.8 Å². The van der Waals surface area contributed by atoms with Crippen LogP contribution in [0, 0.1) is 5.92 Å². The van der Waals surface area contributed by atoms with Crippen molar-refractivity contribution in [2.75, 3.05) is 18.4 Å². The molecule has 2 aromatic rings. The quantitative estimate of drug-likeness (QED) is 0.848. The zero-order valence-corrected chi connectivity index (χ0v) is 16.0. The van der Waals surface area contributed by atoms with Crippen LogP contribution in [0.5, 0.6) is 0 Å². The Balaban J connectivity index is 1.47. The fourth-order valence-corrected chi connectivity index (χ4v) is 5.46. The Bertz CT molecular complexity index is 896. The van der Waals surface area contributed by atoms with Crippen molar-refractivity contribution in [1.82, 2.24) is 9.29 Å². The maximum Gasteiger partial charge on any atom is 0.243 e. The Morgan fingerprint density at radius 2 is 1.81 bits per heavy atom. The van der Waals surface area contributed by atoms with Gasteiger partial charge in [-0.3, -0.25) is 4.79 Å². The van der Waals surface area contributed by atoms with Gasteiger partial charge in [0, 0.05) is 30.0 Å². The summed E-state index contributed by atoms with van der Waals surface area (Å²) >= 11 is 1.39. The Kier molecular flexibility index (Phi) is 4.81. The minimum Gasteiger partial charge on any atom is -0.302 e. The molecule has 1 saturated heterocycles. The molecule has 1 amide bonds. The number of amides is 1. The monoisotopic (exact) mass is 391 g/mol. The third-order valence-electron chi connectivity index (χ3n) is 5.06. The minimum atomic E-state index is -3.40. The van der Waals surface area contributed by atoms with E-state index in [-0.39, 0.29) is 11.8 Å².